The Bertz CT molecular complexity index is 499. The average molecular weight is 342 g/mol. The number of benzene rings is 1. The van der Waals surface area contributed by atoms with E-state index < -0.39 is 6.04 Å². The lowest BCUT2D eigenvalue weighted by atomic mass is 10.1. The van der Waals surface area contributed by atoms with Crippen molar-refractivity contribution in [1.29, 1.82) is 0 Å². The minimum Gasteiger partial charge on any atom is -0.383 e. The van der Waals surface area contributed by atoms with Crippen LogP contribution in [0.2, 0.25) is 0 Å². The van der Waals surface area contributed by atoms with Gasteiger partial charge in [-0.15, -0.1) is 12.4 Å². The second-order valence-corrected chi connectivity index (χ2v) is 5.30. The van der Waals surface area contributed by atoms with Gasteiger partial charge < -0.3 is 20.3 Å². The molecule has 7 heteroatoms. The summed E-state index contributed by atoms with van der Waals surface area (Å²) in [4.78, 5) is 26.1. The van der Waals surface area contributed by atoms with Crippen molar-refractivity contribution in [3.8, 4) is 0 Å². The van der Waals surface area contributed by atoms with Crippen LogP contribution in [0.4, 0.5) is 0 Å². The Morgan fingerprint density at radius 1 is 1.39 bits per heavy atom. The van der Waals surface area contributed by atoms with E-state index in [4.69, 9.17) is 4.74 Å². The number of rotatable bonds is 7. The predicted molar refractivity (Wildman–Crippen MR) is 90.4 cm³/mol. The number of ether oxygens (including phenoxy) is 1. The molecule has 1 atom stereocenters. The number of nitrogens with one attached hydrogen (secondary N) is 2. The van der Waals surface area contributed by atoms with E-state index in [0.29, 0.717) is 32.8 Å². The Kier molecular flexibility index (Phi) is 8.61. The number of hydrogen-bond donors (Lipinski definition) is 2. The first-order valence-electron chi connectivity index (χ1n) is 7.52. The second-order valence-electron chi connectivity index (χ2n) is 5.30. The molecule has 2 rings (SSSR count). The summed E-state index contributed by atoms with van der Waals surface area (Å²) in [6.45, 7) is 2.88. The summed E-state index contributed by atoms with van der Waals surface area (Å²) in [5, 5.41) is 5.86. The van der Waals surface area contributed by atoms with Crippen molar-refractivity contribution in [2.75, 3.05) is 33.4 Å². The zero-order chi connectivity index (χ0) is 15.8. The summed E-state index contributed by atoms with van der Waals surface area (Å²) in [5.74, 6) is -0.151. The van der Waals surface area contributed by atoms with Gasteiger partial charge in [-0.25, -0.2) is 0 Å². The minimum absolute atomic E-state index is 0. The Morgan fingerprint density at radius 3 is 2.83 bits per heavy atom. The van der Waals surface area contributed by atoms with Crippen molar-refractivity contribution in [3.05, 3.63) is 35.9 Å². The van der Waals surface area contributed by atoms with E-state index in [1.165, 1.54) is 0 Å². The van der Waals surface area contributed by atoms with Gasteiger partial charge in [-0.2, -0.15) is 0 Å². The van der Waals surface area contributed by atoms with Gasteiger partial charge in [0.15, 0.2) is 0 Å². The molecule has 1 heterocycles. The Balaban J connectivity index is 0.00000264. The van der Waals surface area contributed by atoms with E-state index >= 15 is 0 Å². The molecule has 2 amide bonds. The molecule has 2 N–H and O–H groups in total. The third-order valence-electron chi connectivity index (χ3n) is 3.62. The van der Waals surface area contributed by atoms with Gasteiger partial charge in [0.2, 0.25) is 11.8 Å². The first kappa shape index (κ1) is 19.4. The van der Waals surface area contributed by atoms with Crippen LogP contribution >= 0.6 is 12.4 Å². The molecule has 1 aromatic rings. The highest BCUT2D eigenvalue weighted by atomic mass is 35.5. The van der Waals surface area contributed by atoms with Gasteiger partial charge in [0.05, 0.1) is 19.1 Å². The van der Waals surface area contributed by atoms with Crippen LogP contribution in [-0.4, -0.2) is 56.1 Å². The Hall–Kier alpha value is -1.63. The van der Waals surface area contributed by atoms with E-state index in [1.807, 2.05) is 30.3 Å². The molecule has 1 aromatic carbocycles. The standard InChI is InChI=1S/C16H23N3O3.ClH/c1-22-10-8-18-15(20)11-14-16(21)19(9-7-17-14)12-13-5-3-2-4-6-13;/h2-6,14,17H,7-12H2,1H3,(H,18,20);1H. The molecule has 1 aliphatic heterocycles. The number of amides is 2. The predicted octanol–water partition coefficient (Wildman–Crippen LogP) is 0.562. The third kappa shape index (κ3) is 6.17. The van der Waals surface area contributed by atoms with E-state index in [9.17, 15) is 9.59 Å². The zero-order valence-electron chi connectivity index (χ0n) is 13.3. The molecule has 0 spiro atoms. The Labute approximate surface area is 143 Å². The molecular weight excluding hydrogens is 318 g/mol. The smallest absolute Gasteiger partial charge is 0.240 e. The summed E-state index contributed by atoms with van der Waals surface area (Å²) >= 11 is 0. The molecule has 0 bridgehead atoms. The molecule has 0 aliphatic carbocycles. The van der Waals surface area contributed by atoms with Crippen LogP contribution in [-0.2, 0) is 20.9 Å². The van der Waals surface area contributed by atoms with Crippen molar-refractivity contribution in [2.45, 2.75) is 19.0 Å². The third-order valence-corrected chi connectivity index (χ3v) is 3.62. The van der Waals surface area contributed by atoms with Crippen LogP contribution in [0.3, 0.4) is 0 Å². The fourth-order valence-electron chi connectivity index (χ4n) is 2.46. The lowest BCUT2D eigenvalue weighted by Crippen LogP contribution is -2.55. The largest absolute Gasteiger partial charge is 0.383 e. The van der Waals surface area contributed by atoms with Crippen LogP contribution < -0.4 is 10.6 Å². The van der Waals surface area contributed by atoms with Gasteiger partial charge in [0.25, 0.3) is 0 Å². The topological polar surface area (TPSA) is 70.7 Å². The summed E-state index contributed by atoms with van der Waals surface area (Å²) in [6.07, 6.45) is 0.161. The van der Waals surface area contributed by atoms with Crippen LogP contribution in [0.5, 0.6) is 0 Å². The maximum absolute atomic E-state index is 12.5. The monoisotopic (exact) mass is 341 g/mol. The molecule has 1 aliphatic rings. The fraction of sp³-hybridized carbons (Fsp3) is 0.500. The molecule has 0 saturated carbocycles. The van der Waals surface area contributed by atoms with Crippen LogP contribution in [0.15, 0.2) is 30.3 Å². The van der Waals surface area contributed by atoms with Crippen LogP contribution in [0, 0.1) is 0 Å². The van der Waals surface area contributed by atoms with Crippen LogP contribution in [0.1, 0.15) is 12.0 Å². The highest BCUT2D eigenvalue weighted by Gasteiger charge is 2.29. The molecule has 23 heavy (non-hydrogen) atoms. The normalized spacial score (nSPS) is 17.5. The lowest BCUT2D eigenvalue weighted by Gasteiger charge is -2.33. The maximum Gasteiger partial charge on any atom is 0.240 e. The number of carbonyl (C=O) groups excluding carboxylic acids is 2. The minimum atomic E-state index is -0.444. The quantitative estimate of drug-likeness (QED) is 0.711. The van der Waals surface area contributed by atoms with Gasteiger partial charge in [-0.3, -0.25) is 9.59 Å². The molecule has 0 aromatic heterocycles. The van der Waals surface area contributed by atoms with E-state index in [0.717, 1.165) is 5.56 Å². The Morgan fingerprint density at radius 2 is 2.13 bits per heavy atom. The summed E-state index contributed by atoms with van der Waals surface area (Å²) in [6, 6.07) is 9.44. The number of methoxy groups -OCH3 is 1. The van der Waals surface area contributed by atoms with Crippen molar-refractivity contribution >= 4 is 24.2 Å². The summed E-state index contributed by atoms with van der Waals surface area (Å²) in [7, 11) is 1.58. The van der Waals surface area contributed by atoms with E-state index in [1.54, 1.807) is 12.0 Å². The van der Waals surface area contributed by atoms with Gasteiger partial charge in [0.1, 0.15) is 0 Å². The van der Waals surface area contributed by atoms with Crippen molar-refractivity contribution in [1.82, 2.24) is 15.5 Å². The highest BCUT2D eigenvalue weighted by Crippen LogP contribution is 2.10. The average Bonchev–Trinajstić information content (AvgIpc) is 2.52. The number of halogens is 1. The fourth-order valence-corrected chi connectivity index (χ4v) is 2.46. The highest BCUT2D eigenvalue weighted by molar-refractivity contribution is 5.88. The molecular formula is C16H24ClN3O3. The summed E-state index contributed by atoms with van der Waals surface area (Å²) < 4.78 is 4.88. The summed E-state index contributed by atoms with van der Waals surface area (Å²) in [5.41, 5.74) is 1.10. The number of carbonyl (C=O) groups is 2. The van der Waals surface area contributed by atoms with E-state index in [2.05, 4.69) is 10.6 Å². The van der Waals surface area contributed by atoms with Gasteiger partial charge in [-0.1, -0.05) is 30.3 Å². The molecule has 1 fully saturated rings. The van der Waals surface area contributed by atoms with Crippen molar-refractivity contribution < 1.29 is 14.3 Å². The molecule has 128 valence electrons. The van der Waals surface area contributed by atoms with Crippen molar-refractivity contribution in [2.24, 2.45) is 0 Å². The molecule has 1 saturated heterocycles. The van der Waals surface area contributed by atoms with Gasteiger partial charge in [-0.05, 0) is 5.56 Å². The first-order valence-corrected chi connectivity index (χ1v) is 7.52. The van der Waals surface area contributed by atoms with Crippen LogP contribution in [0.25, 0.3) is 0 Å². The molecule has 1 unspecified atom stereocenters. The van der Waals surface area contributed by atoms with Gasteiger partial charge >= 0.3 is 0 Å². The molecule has 0 radical (unpaired) electrons. The number of piperazine rings is 1. The number of hydrogen-bond acceptors (Lipinski definition) is 4. The first-order chi connectivity index (χ1) is 10.7. The second kappa shape index (κ2) is 10.2. The SMILES string of the molecule is COCCNC(=O)CC1NCCN(Cc2ccccc2)C1=O.Cl. The van der Waals surface area contributed by atoms with Crippen molar-refractivity contribution in [3.63, 3.8) is 0 Å². The molecule has 6 nitrogen and oxygen atoms in total. The maximum atomic E-state index is 12.5. The van der Waals surface area contributed by atoms with Gasteiger partial charge in [0, 0.05) is 33.3 Å². The lowest BCUT2D eigenvalue weighted by molar-refractivity contribution is -0.138. The zero-order valence-corrected chi connectivity index (χ0v) is 14.1. The van der Waals surface area contributed by atoms with E-state index in [-0.39, 0.29) is 30.6 Å². The number of nitrogens with zero attached hydrogens (tertiary/aromatic N) is 1.